The Hall–Kier alpha value is -5.10. The van der Waals surface area contributed by atoms with Crippen LogP contribution in [0.2, 0.25) is 0 Å². The SMILES string of the molecule is C[C@H](CC(F)(F)F)Nc1ncc2c(-c3ccc(CN4CCN(CCCOCCCc5ccc6c(c5)n(C)c(=O)n6C5CCC(=O)NC5=O)CC4)cc3)cn(C3CCC(O)CC3)c2n1. The van der Waals surface area contributed by atoms with E-state index in [0.29, 0.717) is 43.6 Å². The van der Waals surface area contributed by atoms with Crippen molar-refractivity contribution in [3.8, 4) is 11.1 Å². The lowest BCUT2D eigenvalue weighted by Gasteiger charge is -2.34. The van der Waals surface area contributed by atoms with Crippen LogP contribution in [-0.2, 0) is 34.3 Å². The quantitative estimate of drug-likeness (QED) is 0.0783. The van der Waals surface area contributed by atoms with E-state index in [9.17, 15) is 32.7 Å². The average molecular weight is 874 g/mol. The van der Waals surface area contributed by atoms with Crippen molar-refractivity contribution in [1.29, 1.82) is 0 Å². The Labute approximate surface area is 364 Å². The number of aromatic nitrogens is 5. The molecule has 17 heteroatoms. The van der Waals surface area contributed by atoms with Crippen LogP contribution in [-0.4, -0.2) is 115 Å². The highest BCUT2D eigenvalue weighted by Gasteiger charge is 2.32. The fourth-order valence-corrected chi connectivity index (χ4v) is 9.45. The number of carbonyl (C=O) groups excluding carboxylic acids is 2. The molecule has 63 heavy (non-hydrogen) atoms. The van der Waals surface area contributed by atoms with Crippen LogP contribution in [0.4, 0.5) is 19.1 Å². The first-order chi connectivity index (χ1) is 30.3. The molecular weight excluding hydrogens is 816 g/mol. The Morgan fingerprint density at radius 2 is 1.63 bits per heavy atom. The number of piperazine rings is 1. The molecule has 5 aromatic rings. The number of imide groups is 1. The highest BCUT2D eigenvalue weighted by atomic mass is 19.4. The number of hydrogen-bond acceptors (Lipinski definition) is 10. The summed E-state index contributed by atoms with van der Waals surface area (Å²) in [5, 5.41) is 16.2. The van der Waals surface area contributed by atoms with Crippen molar-refractivity contribution in [2.75, 3.05) is 51.3 Å². The minimum absolute atomic E-state index is 0.126. The zero-order valence-corrected chi connectivity index (χ0v) is 36.1. The first kappa shape index (κ1) is 44.5. The molecular formula is C46H58F3N9O5. The summed E-state index contributed by atoms with van der Waals surface area (Å²) < 4.78 is 50.3. The zero-order valence-electron chi connectivity index (χ0n) is 36.1. The van der Waals surface area contributed by atoms with Gasteiger partial charge < -0.3 is 24.6 Å². The summed E-state index contributed by atoms with van der Waals surface area (Å²) in [7, 11) is 1.71. The van der Waals surface area contributed by atoms with Gasteiger partial charge in [0.05, 0.1) is 23.6 Å². The van der Waals surface area contributed by atoms with Gasteiger partial charge in [0.2, 0.25) is 17.8 Å². The number of fused-ring (bicyclic) bond motifs is 2. The third kappa shape index (κ3) is 10.6. The van der Waals surface area contributed by atoms with Gasteiger partial charge in [0, 0.05) is 101 Å². The van der Waals surface area contributed by atoms with Crippen LogP contribution in [0.25, 0.3) is 33.2 Å². The van der Waals surface area contributed by atoms with Gasteiger partial charge in [-0.25, -0.2) is 9.78 Å². The fourth-order valence-electron chi connectivity index (χ4n) is 9.45. The lowest BCUT2D eigenvalue weighted by molar-refractivity contribution is -0.137. The van der Waals surface area contributed by atoms with Crippen molar-refractivity contribution >= 4 is 39.8 Å². The highest BCUT2D eigenvalue weighted by Crippen LogP contribution is 2.37. The number of hydrogen-bond donors (Lipinski definition) is 3. The van der Waals surface area contributed by atoms with E-state index in [1.165, 1.54) is 17.1 Å². The van der Waals surface area contributed by atoms with Crippen LogP contribution in [0, 0.1) is 0 Å². The molecule has 0 radical (unpaired) electrons. The van der Waals surface area contributed by atoms with Crippen molar-refractivity contribution in [2.45, 2.75) is 108 Å². The van der Waals surface area contributed by atoms with E-state index < -0.39 is 30.6 Å². The number of anilines is 1. The maximum absolute atomic E-state index is 13.1. The molecule has 2 aliphatic heterocycles. The topological polar surface area (TPSA) is 152 Å². The highest BCUT2D eigenvalue weighted by molar-refractivity contribution is 6.00. The summed E-state index contributed by atoms with van der Waals surface area (Å²) in [6, 6.07) is 13.0. The molecule has 14 nitrogen and oxygen atoms in total. The van der Waals surface area contributed by atoms with E-state index in [1.807, 2.05) is 18.2 Å². The smallest absolute Gasteiger partial charge is 0.391 e. The minimum atomic E-state index is -4.29. The molecule has 3 fully saturated rings. The molecule has 2 atom stereocenters. The zero-order chi connectivity index (χ0) is 44.3. The largest absolute Gasteiger partial charge is 0.393 e. The number of halogens is 3. The molecule has 3 N–H and O–H groups in total. The molecule has 1 saturated carbocycles. The van der Waals surface area contributed by atoms with Gasteiger partial charge in [0.25, 0.3) is 0 Å². The molecule has 1 aliphatic carbocycles. The Morgan fingerprint density at radius 1 is 0.921 bits per heavy atom. The summed E-state index contributed by atoms with van der Waals surface area (Å²) in [5.41, 5.74) is 6.18. The number of aliphatic hydroxyl groups excluding tert-OH is 1. The molecule has 3 aromatic heterocycles. The van der Waals surface area contributed by atoms with Crippen molar-refractivity contribution in [3.05, 3.63) is 76.5 Å². The molecule has 5 heterocycles. The molecule has 0 spiro atoms. The molecule has 1 unspecified atom stereocenters. The molecule has 3 aliphatic rings. The third-order valence-corrected chi connectivity index (χ3v) is 12.9. The summed E-state index contributed by atoms with van der Waals surface area (Å²) in [4.78, 5) is 51.3. The second-order valence-corrected chi connectivity index (χ2v) is 17.6. The van der Waals surface area contributed by atoms with Crippen LogP contribution < -0.4 is 16.3 Å². The Kier molecular flexibility index (Phi) is 13.7. The first-order valence-electron chi connectivity index (χ1n) is 22.3. The maximum atomic E-state index is 13.1. The number of aryl methyl sites for hydroxylation is 2. The minimum Gasteiger partial charge on any atom is -0.393 e. The van der Waals surface area contributed by atoms with E-state index in [2.05, 4.69) is 60.4 Å². The molecule has 2 aromatic carbocycles. The van der Waals surface area contributed by atoms with Gasteiger partial charge in [-0.2, -0.15) is 18.2 Å². The number of ether oxygens (including phenoxy) is 1. The van der Waals surface area contributed by atoms with Crippen molar-refractivity contribution in [2.24, 2.45) is 7.05 Å². The van der Waals surface area contributed by atoms with E-state index in [0.717, 1.165) is 99.0 Å². The van der Waals surface area contributed by atoms with Crippen molar-refractivity contribution < 1.29 is 32.6 Å². The Morgan fingerprint density at radius 3 is 2.37 bits per heavy atom. The van der Waals surface area contributed by atoms with Gasteiger partial charge in [-0.15, -0.1) is 0 Å². The van der Waals surface area contributed by atoms with E-state index >= 15 is 0 Å². The number of alkyl halides is 3. The fraction of sp³-hybridized carbons (Fsp3) is 0.543. The summed E-state index contributed by atoms with van der Waals surface area (Å²) >= 11 is 0. The number of amides is 2. The monoisotopic (exact) mass is 873 g/mol. The first-order valence-corrected chi connectivity index (χ1v) is 22.3. The van der Waals surface area contributed by atoms with E-state index in [-0.39, 0.29) is 36.1 Å². The van der Waals surface area contributed by atoms with Gasteiger partial charge in [-0.1, -0.05) is 30.3 Å². The van der Waals surface area contributed by atoms with Crippen LogP contribution in [0.15, 0.2) is 59.7 Å². The maximum Gasteiger partial charge on any atom is 0.391 e. The Balaban J connectivity index is 0.777. The second-order valence-electron chi connectivity index (χ2n) is 17.6. The molecule has 2 amide bonds. The molecule has 2 saturated heterocycles. The van der Waals surface area contributed by atoms with Crippen LogP contribution >= 0.6 is 0 Å². The van der Waals surface area contributed by atoms with Crippen LogP contribution in [0.3, 0.4) is 0 Å². The van der Waals surface area contributed by atoms with Gasteiger partial charge in [-0.05, 0) is 87.1 Å². The normalized spacial score (nSPS) is 21.0. The predicted octanol–water partition coefficient (Wildman–Crippen LogP) is 6.12. The lowest BCUT2D eigenvalue weighted by Crippen LogP contribution is -2.46. The molecule has 0 bridgehead atoms. The van der Waals surface area contributed by atoms with Gasteiger partial charge in [-0.3, -0.25) is 28.9 Å². The number of aliphatic hydroxyl groups is 1. The van der Waals surface area contributed by atoms with Gasteiger partial charge in [0.15, 0.2) is 0 Å². The van der Waals surface area contributed by atoms with Gasteiger partial charge in [0.1, 0.15) is 11.7 Å². The number of benzene rings is 2. The number of nitrogens with zero attached hydrogens (tertiary/aromatic N) is 7. The molecule has 338 valence electrons. The number of rotatable bonds is 16. The van der Waals surface area contributed by atoms with Crippen molar-refractivity contribution in [3.63, 3.8) is 0 Å². The Bertz CT molecular complexity index is 2450. The lowest BCUT2D eigenvalue weighted by atomic mass is 9.93. The molecule has 8 rings (SSSR count). The third-order valence-electron chi connectivity index (χ3n) is 12.9. The standard InChI is InChI=1S/C46H58F3N9O5/c1-30(26-46(47,48)49)51-44-50-27-36-37(29-57(42(36)53-44)34-11-13-35(59)14-12-34)33-9-6-32(7-10-33)28-56-21-19-55(20-22-56)18-4-24-63-23-3-5-31-8-15-38-40(25-31)54(2)45(62)58(38)39-16-17-41(60)52-43(39)61/h6-10,15,25,27,29-30,34-35,39,59H,3-5,11-14,16-24,26,28H2,1-2H3,(H,50,51,53)(H,52,60,61)/t30-,34?,35?,39?/m1/s1. The van der Waals surface area contributed by atoms with Crippen molar-refractivity contribution in [1.82, 2.24) is 38.8 Å². The van der Waals surface area contributed by atoms with Crippen LogP contribution in [0.5, 0.6) is 0 Å². The van der Waals surface area contributed by atoms with E-state index in [1.54, 1.807) is 17.8 Å². The predicted molar refractivity (Wildman–Crippen MR) is 234 cm³/mol. The summed E-state index contributed by atoms with van der Waals surface area (Å²) in [6.45, 7) is 8.62. The summed E-state index contributed by atoms with van der Waals surface area (Å²) in [6.07, 6.45) is 4.32. The summed E-state index contributed by atoms with van der Waals surface area (Å²) in [5.74, 6) is -0.574. The number of piperidine rings is 1. The number of carbonyl (C=O) groups is 2. The van der Waals surface area contributed by atoms with E-state index in [4.69, 9.17) is 9.72 Å². The number of nitrogens with one attached hydrogen (secondary N) is 2. The van der Waals surface area contributed by atoms with Gasteiger partial charge >= 0.3 is 11.9 Å². The van der Waals surface area contributed by atoms with Crippen LogP contribution in [0.1, 0.15) is 87.9 Å². The number of imidazole rings is 1. The average Bonchev–Trinajstić information content (AvgIpc) is 3.74. The second kappa shape index (κ2) is 19.3.